The topological polar surface area (TPSA) is 135 Å². The van der Waals surface area contributed by atoms with Crippen molar-refractivity contribution < 1.29 is 35.1 Å². The van der Waals surface area contributed by atoms with Gasteiger partial charge in [-0.2, -0.15) is 0 Å². The van der Waals surface area contributed by atoms with Gasteiger partial charge < -0.3 is 25.5 Å². The second-order valence-corrected chi connectivity index (χ2v) is 14.4. The Hall–Kier alpha value is -1.38. The number of allylic oxidation sites excluding steroid dienone is 1. The molecule has 0 bridgehead atoms. The highest BCUT2D eigenvalue weighted by molar-refractivity contribution is 5.97. The van der Waals surface area contributed by atoms with Crippen LogP contribution in [0.5, 0.6) is 0 Å². The zero-order valence-electron chi connectivity index (χ0n) is 23.6. The van der Waals surface area contributed by atoms with Gasteiger partial charge in [0.05, 0.1) is 23.9 Å². The normalized spacial score (nSPS) is 47.1. The average molecular weight is 519 g/mol. The highest BCUT2D eigenvalue weighted by Gasteiger charge is 2.74. The van der Waals surface area contributed by atoms with Crippen LogP contribution in [-0.2, 0) is 9.59 Å². The van der Waals surface area contributed by atoms with Crippen LogP contribution in [0.3, 0.4) is 0 Å². The zero-order valence-corrected chi connectivity index (χ0v) is 23.6. The summed E-state index contributed by atoms with van der Waals surface area (Å²) in [6, 6.07) is 0. The molecule has 0 aromatic carbocycles. The minimum atomic E-state index is -1.94. The number of carbonyl (C=O) groups is 2. The highest BCUT2D eigenvalue weighted by atomic mass is 16.3. The van der Waals surface area contributed by atoms with E-state index in [0.29, 0.717) is 19.3 Å². The Morgan fingerprint density at radius 3 is 2.16 bits per heavy atom. The van der Waals surface area contributed by atoms with E-state index in [4.69, 9.17) is 0 Å². The van der Waals surface area contributed by atoms with Crippen LogP contribution in [0.25, 0.3) is 0 Å². The van der Waals surface area contributed by atoms with Gasteiger partial charge in [-0.3, -0.25) is 9.59 Å². The van der Waals surface area contributed by atoms with Crippen molar-refractivity contribution in [3.63, 3.8) is 0 Å². The van der Waals surface area contributed by atoms with E-state index in [9.17, 15) is 35.1 Å². The lowest BCUT2D eigenvalue weighted by atomic mass is 9.38. The number of aliphatic hydroxyl groups is 5. The van der Waals surface area contributed by atoms with Crippen molar-refractivity contribution in [3.8, 4) is 0 Å². The number of Topliss-reactive ketones (excluding diaryl/α,β-unsaturated/α-hetero) is 1. The summed E-state index contributed by atoms with van der Waals surface area (Å²) in [5.41, 5.74) is -5.07. The first kappa shape index (κ1) is 28.6. The molecular weight excluding hydrogens is 472 g/mol. The molecule has 7 nitrogen and oxygen atoms in total. The summed E-state index contributed by atoms with van der Waals surface area (Å²) in [5, 5.41) is 54.6. The summed E-state index contributed by atoms with van der Waals surface area (Å²) in [7, 11) is 0. The molecule has 0 saturated heterocycles. The van der Waals surface area contributed by atoms with Gasteiger partial charge in [0.2, 0.25) is 0 Å². The molecule has 4 aliphatic carbocycles. The van der Waals surface area contributed by atoms with Crippen molar-refractivity contribution in [1.29, 1.82) is 0 Å². The van der Waals surface area contributed by atoms with Crippen LogP contribution in [0.2, 0.25) is 0 Å². The first-order valence-corrected chi connectivity index (χ1v) is 13.6. The van der Waals surface area contributed by atoms with Crippen LogP contribution in [0.1, 0.15) is 81.1 Å². The lowest BCUT2D eigenvalue weighted by Gasteiger charge is -2.65. The Labute approximate surface area is 220 Å². The van der Waals surface area contributed by atoms with Gasteiger partial charge in [0, 0.05) is 23.2 Å². The molecule has 7 heteroatoms. The second-order valence-electron chi connectivity index (χ2n) is 14.4. The van der Waals surface area contributed by atoms with E-state index in [0.717, 1.165) is 5.57 Å². The third kappa shape index (κ3) is 3.79. The molecule has 37 heavy (non-hydrogen) atoms. The summed E-state index contributed by atoms with van der Waals surface area (Å²) in [4.78, 5) is 27.4. The Morgan fingerprint density at radius 1 is 1.00 bits per heavy atom. The van der Waals surface area contributed by atoms with E-state index in [1.807, 2.05) is 27.7 Å². The maximum Gasteiger partial charge on any atom is 0.187 e. The summed E-state index contributed by atoms with van der Waals surface area (Å²) < 4.78 is 0. The van der Waals surface area contributed by atoms with Gasteiger partial charge in [-0.25, -0.2) is 0 Å². The minimum Gasteiger partial charge on any atom is -0.393 e. The van der Waals surface area contributed by atoms with Gasteiger partial charge in [0.1, 0.15) is 11.4 Å². The highest BCUT2D eigenvalue weighted by Crippen LogP contribution is 2.74. The number of hydrogen-bond acceptors (Lipinski definition) is 7. The third-order valence-corrected chi connectivity index (χ3v) is 11.4. The molecule has 0 aromatic heterocycles. The smallest absolute Gasteiger partial charge is 0.187 e. The Morgan fingerprint density at radius 2 is 1.59 bits per heavy atom. The van der Waals surface area contributed by atoms with Gasteiger partial charge in [-0.05, 0) is 68.8 Å². The lowest BCUT2D eigenvalue weighted by molar-refractivity contribution is -0.186. The van der Waals surface area contributed by atoms with Crippen molar-refractivity contribution in [2.45, 2.75) is 111 Å². The number of carbonyl (C=O) groups excluding carboxylic acids is 2. The zero-order chi connectivity index (χ0) is 28.1. The summed E-state index contributed by atoms with van der Waals surface area (Å²) in [6.45, 7) is 14.3. The SMILES string of the molecule is CC(C)(O)/C=C/C(=O)[C@](C)(O)[C@H]1[C@H](O)C[C@@]2(C)[C@@H]3CC=C4[C@@H](C[C@H](O)[C@@H](O)C4(C)C)[C@]3(C)C(=O)C[C@]12C. The van der Waals surface area contributed by atoms with Crippen molar-refractivity contribution in [1.82, 2.24) is 0 Å². The molecule has 3 saturated carbocycles. The van der Waals surface area contributed by atoms with E-state index in [2.05, 4.69) is 13.0 Å². The predicted octanol–water partition coefficient (Wildman–Crippen LogP) is 2.72. The molecule has 0 amide bonds. The van der Waals surface area contributed by atoms with E-state index in [1.54, 1.807) is 0 Å². The van der Waals surface area contributed by atoms with E-state index in [-0.39, 0.29) is 24.0 Å². The number of hydrogen-bond donors (Lipinski definition) is 5. The van der Waals surface area contributed by atoms with Crippen molar-refractivity contribution >= 4 is 11.6 Å². The first-order chi connectivity index (χ1) is 16.7. The van der Waals surface area contributed by atoms with Crippen molar-refractivity contribution in [2.24, 2.45) is 39.4 Å². The summed E-state index contributed by atoms with van der Waals surface area (Å²) >= 11 is 0. The molecule has 5 N–H and O–H groups in total. The van der Waals surface area contributed by atoms with Crippen LogP contribution in [0.15, 0.2) is 23.8 Å². The molecule has 4 aliphatic rings. The van der Waals surface area contributed by atoms with Gasteiger partial charge in [0.15, 0.2) is 5.78 Å². The molecule has 0 aliphatic heterocycles. The number of rotatable bonds is 4. The van der Waals surface area contributed by atoms with Crippen LogP contribution in [0.4, 0.5) is 0 Å². The maximum atomic E-state index is 14.2. The molecule has 0 spiro atoms. The Bertz CT molecular complexity index is 1050. The molecule has 0 radical (unpaired) electrons. The number of fused-ring (bicyclic) bond motifs is 5. The molecule has 0 heterocycles. The maximum absolute atomic E-state index is 14.2. The van der Waals surface area contributed by atoms with Gasteiger partial charge in [-0.1, -0.05) is 52.3 Å². The number of aliphatic hydroxyl groups excluding tert-OH is 3. The standard InChI is InChI=1S/C30H46O7/c1-25(2,36)12-11-21(33)30(8,37)23-19(32)14-27(5)20-10-9-16-17(13-18(31)24(35)26(16,3)4)29(20,7)22(34)15-28(23,27)6/h9,11-12,17-20,23-24,31-32,35-37H,10,13-15H2,1-8H3/b12-11+/t17-,18+,19-,20+,23+,24-,27+,28-,29+,30+/m1/s1. The van der Waals surface area contributed by atoms with E-state index >= 15 is 0 Å². The van der Waals surface area contributed by atoms with Crippen molar-refractivity contribution in [2.75, 3.05) is 0 Å². The minimum absolute atomic E-state index is 0.0156. The largest absolute Gasteiger partial charge is 0.393 e. The lowest BCUT2D eigenvalue weighted by Crippen LogP contribution is -2.65. The predicted molar refractivity (Wildman–Crippen MR) is 139 cm³/mol. The van der Waals surface area contributed by atoms with Gasteiger partial charge in [0.25, 0.3) is 0 Å². The molecule has 208 valence electrons. The second kappa shape index (κ2) is 8.31. The Kier molecular flexibility index (Phi) is 6.43. The summed E-state index contributed by atoms with van der Waals surface area (Å²) in [5.74, 6) is -1.88. The van der Waals surface area contributed by atoms with Crippen LogP contribution in [0, 0.1) is 39.4 Å². The van der Waals surface area contributed by atoms with E-state index < -0.39 is 62.9 Å². The molecule has 0 aromatic rings. The third-order valence-electron chi connectivity index (χ3n) is 11.4. The van der Waals surface area contributed by atoms with Crippen LogP contribution in [-0.4, -0.2) is 66.6 Å². The average Bonchev–Trinajstić information content (AvgIpc) is 2.96. The quantitative estimate of drug-likeness (QED) is 0.285. The fourth-order valence-electron chi connectivity index (χ4n) is 9.15. The molecule has 3 fully saturated rings. The van der Waals surface area contributed by atoms with E-state index in [1.165, 1.54) is 32.9 Å². The first-order valence-electron chi connectivity index (χ1n) is 13.6. The van der Waals surface area contributed by atoms with Crippen molar-refractivity contribution in [3.05, 3.63) is 23.8 Å². The van der Waals surface area contributed by atoms with Gasteiger partial charge in [-0.15, -0.1) is 0 Å². The monoisotopic (exact) mass is 518 g/mol. The fourth-order valence-corrected chi connectivity index (χ4v) is 9.15. The fraction of sp³-hybridized carbons (Fsp3) is 0.800. The van der Waals surface area contributed by atoms with Crippen LogP contribution < -0.4 is 0 Å². The molecule has 0 unspecified atom stereocenters. The van der Waals surface area contributed by atoms with Crippen LogP contribution >= 0.6 is 0 Å². The molecular formula is C30H46O7. The molecule has 4 rings (SSSR count). The summed E-state index contributed by atoms with van der Waals surface area (Å²) in [6.07, 6.45) is 3.10. The Balaban J connectivity index is 1.79. The molecule has 10 atom stereocenters. The number of ketones is 2. The van der Waals surface area contributed by atoms with Gasteiger partial charge >= 0.3 is 0 Å².